The van der Waals surface area contributed by atoms with E-state index in [0.29, 0.717) is 12.0 Å². The first-order valence-corrected chi connectivity index (χ1v) is 9.67. The first kappa shape index (κ1) is 21.3. The van der Waals surface area contributed by atoms with Gasteiger partial charge in [0.2, 0.25) is 0 Å². The first-order valence-electron chi connectivity index (χ1n) is 9.67. The van der Waals surface area contributed by atoms with Crippen molar-refractivity contribution in [3.05, 3.63) is 23.8 Å². The first-order chi connectivity index (χ1) is 13.0. The smallest absolute Gasteiger partial charge is 0.188 e. The van der Waals surface area contributed by atoms with Crippen LogP contribution < -0.4 is 20.5 Å². The summed E-state index contributed by atoms with van der Waals surface area (Å²) in [7, 11) is 7.62. The standard InChI is InChI=1S/C20H35N5O2/c1-24(2)17-8-12-25(13-9-17)14-11-23-20(21)22-10-7-16-5-6-18(26-3)19(15-16)27-4/h5-6,15,17H,7-14H2,1-4H3,(H3,21,22,23). The van der Waals surface area contributed by atoms with Crippen molar-refractivity contribution >= 4 is 5.96 Å². The second-order valence-electron chi connectivity index (χ2n) is 7.17. The number of nitrogens with two attached hydrogens (primary N) is 1. The van der Waals surface area contributed by atoms with Crippen LogP contribution in [0.3, 0.4) is 0 Å². The van der Waals surface area contributed by atoms with E-state index in [2.05, 4.69) is 34.2 Å². The van der Waals surface area contributed by atoms with Crippen LogP contribution in [0.4, 0.5) is 0 Å². The van der Waals surface area contributed by atoms with Crippen LogP contribution in [0.5, 0.6) is 11.5 Å². The fourth-order valence-corrected chi connectivity index (χ4v) is 3.40. The third-order valence-electron chi connectivity index (χ3n) is 5.15. The van der Waals surface area contributed by atoms with Crippen LogP contribution >= 0.6 is 0 Å². The largest absolute Gasteiger partial charge is 0.493 e. The van der Waals surface area contributed by atoms with Gasteiger partial charge in [0.05, 0.1) is 20.8 Å². The van der Waals surface area contributed by atoms with Gasteiger partial charge in [0.1, 0.15) is 0 Å². The molecular weight excluding hydrogens is 342 g/mol. The number of nitrogens with one attached hydrogen (secondary N) is 1. The molecule has 0 bridgehead atoms. The van der Waals surface area contributed by atoms with E-state index >= 15 is 0 Å². The van der Waals surface area contributed by atoms with Crippen molar-refractivity contribution in [3.8, 4) is 11.5 Å². The van der Waals surface area contributed by atoms with Gasteiger partial charge in [-0.15, -0.1) is 0 Å². The molecule has 152 valence electrons. The number of piperidine rings is 1. The van der Waals surface area contributed by atoms with Crippen LogP contribution in [-0.4, -0.2) is 82.8 Å². The Hall–Kier alpha value is -1.99. The molecule has 0 radical (unpaired) electrons. The van der Waals surface area contributed by atoms with Crippen LogP contribution in [0.15, 0.2) is 23.2 Å². The van der Waals surface area contributed by atoms with Gasteiger partial charge in [-0.1, -0.05) is 6.07 Å². The van der Waals surface area contributed by atoms with Gasteiger partial charge < -0.3 is 30.3 Å². The summed E-state index contributed by atoms with van der Waals surface area (Å²) in [5.74, 6) is 2.00. The van der Waals surface area contributed by atoms with E-state index in [0.717, 1.165) is 56.2 Å². The Bertz CT molecular complexity index is 598. The lowest BCUT2D eigenvalue weighted by molar-refractivity contribution is 0.148. The number of nitrogens with zero attached hydrogens (tertiary/aromatic N) is 3. The molecule has 7 heteroatoms. The number of rotatable bonds is 9. The number of guanidine groups is 1. The van der Waals surface area contributed by atoms with Gasteiger partial charge >= 0.3 is 0 Å². The Kier molecular flexibility index (Phi) is 8.67. The summed E-state index contributed by atoms with van der Waals surface area (Å²) in [5, 5.41) is 3.19. The minimum Gasteiger partial charge on any atom is -0.493 e. The van der Waals surface area contributed by atoms with Gasteiger partial charge in [-0.05, 0) is 64.1 Å². The molecule has 1 saturated heterocycles. The predicted octanol–water partition coefficient (Wildman–Crippen LogP) is 1.18. The van der Waals surface area contributed by atoms with Gasteiger partial charge in [0, 0.05) is 19.1 Å². The zero-order valence-corrected chi connectivity index (χ0v) is 17.2. The molecule has 0 unspecified atom stereocenters. The highest BCUT2D eigenvalue weighted by Crippen LogP contribution is 2.27. The molecule has 0 aliphatic carbocycles. The number of hydrogen-bond acceptors (Lipinski definition) is 5. The molecule has 1 fully saturated rings. The fourth-order valence-electron chi connectivity index (χ4n) is 3.40. The summed E-state index contributed by atoms with van der Waals surface area (Å²) in [6.07, 6.45) is 3.31. The van der Waals surface area contributed by atoms with E-state index in [9.17, 15) is 0 Å². The maximum absolute atomic E-state index is 5.99. The molecule has 0 spiro atoms. The highest BCUT2D eigenvalue weighted by molar-refractivity contribution is 5.77. The summed E-state index contributed by atoms with van der Waals surface area (Å²) in [4.78, 5) is 9.25. The van der Waals surface area contributed by atoms with Crippen LogP contribution in [-0.2, 0) is 6.42 Å². The molecule has 27 heavy (non-hydrogen) atoms. The average Bonchev–Trinajstić information content (AvgIpc) is 2.68. The number of aliphatic imine (C=N–C) groups is 1. The lowest BCUT2D eigenvalue weighted by atomic mass is 10.0. The maximum atomic E-state index is 5.99. The highest BCUT2D eigenvalue weighted by atomic mass is 16.5. The number of ether oxygens (including phenoxy) is 2. The van der Waals surface area contributed by atoms with Gasteiger partial charge in [0.25, 0.3) is 0 Å². The third-order valence-corrected chi connectivity index (χ3v) is 5.15. The second kappa shape index (κ2) is 11.0. The maximum Gasteiger partial charge on any atom is 0.188 e. The van der Waals surface area contributed by atoms with E-state index in [-0.39, 0.29) is 0 Å². The molecule has 0 aromatic heterocycles. The van der Waals surface area contributed by atoms with Gasteiger partial charge in [-0.3, -0.25) is 4.99 Å². The van der Waals surface area contributed by atoms with Crippen molar-refractivity contribution in [1.29, 1.82) is 0 Å². The Morgan fingerprint density at radius 2 is 1.93 bits per heavy atom. The van der Waals surface area contributed by atoms with Gasteiger partial charge in [-0.2, -0.15) is 0 Å². The topological polar surface area (TPSA) is 75.4 Å². The van der Waals surface area contributed by atoms with Crippen LogP contribution in [0.25, 0.3) is 0 Å². The molecule has 1 heterocycles. The Morgan fingerprint density at radius 3 is 2.56 bits per heavy atom. The molecule has 2 rings (SSSR count). The minimum absolute atomic E-state index is 0.513. The normalized spacial score (nSPS) is 16.6. The third kappa shape index (κ3) is 6.92. The Balaban J connectivity index is 1.66. The predicted molar refractivity (Wildman–Crippen MR) is 111 cm³/mol. The lowest BCUT2D eigenvalue weighted by Crippen LogP contribution is -2.43. The summed E-state index contributed by atoms with van der Waals surface area (Å²) < 4.78 is 10.6. The van der Waals surface area contributed by atoms with Gasteiger partial charge in [0.15, 0.2) is 17.5 Å². The van der Waals surface area contributed by atoms with Crippen molar-refractivity contribution in [3.63, 3.8) is 0 Å². The van der Waals surface area contributed by atoms with E-state index < -0.39 is 0 Å². The zero-order chi connectivity index (χ0) is 19.6. The number of methoxy groups -OCH3 is 2. The van der Waals surface area contributed by atoms with E-state index in [1.807, 2.05) is 18.2 Å². The van der Waals surface area contributed by atoms with Crippen molar-refractivity contribution in [1.82, 2.24) is 15.1 Å². The SMILES string of the molecule is COc1ccc(CCNC(N)=NCCN2CCC(N(C)C)CC2)cc1OC. The fraction of sp³-hybridized carbons (Fsp3) is 0.650. The highest BCUT2D eigenvalue weighted by Gasteiger charge is 2.19. The van der Waals surface area contributed by atoms with E-state index in [4.69, 9.17) is 15.2 Å². The van der Waals surface area contributed by atoms with Crippen LogP contribution in [0.1, 0.15) is 18.4 Å². The summed E-state index contributed by atoms with van der Waals surface area (Å²) in [6, 6.07) is 6.66. The van der Waals surface area contributed by atoms with Crippen molar-refractivity contribution in [2.45, 2.75) is 25.3 Å². The van der Waals surface area contributed by atoms with E-state index in [1.165, 1.54) is 12.8 Å². The average molecular weight is 378 g/mol. The lowest BCUT2D eigenvalue weighted by Gasteiger charge is -2.34. The zero-order valence-electron chi connectivity index (χ0n) is 17.2. The van der Waals surface area contributed by atoms with Crippen LogP contribution in [0, 0.1) is 0 Å². The Morgan fingerprint density at radius 1 is 1.22 bits per heavy atom. The molecule has 0 saturated carbocycles. The van der Waals surface area contributed by atoms with Crippen molar-refractivity contribution in [2.75, 3.05) is 61.0 Å². The van der Waals surface area contributed by atoms with E-state index in [1.54, 1.807) is 14.2 Å². The van der Waals surface area contributed by atoms with Gasteiger partial charge in [-0.25, -0.2) is 0 Å². The summed E-state index contributed by atoms with van der Waals surface area (Å²) in [5.41, 5.74) is 7.15. The Labute approximate surface area is 163 Å². The van der Waals surface area contributed by atoms with Crippen LogP contribution in [0.2, 0.25) is 0 Å². The molecule has 1 aliphatic rings. The molecule has 1 aromatic carbocycles. The molecular formula is C20H35N5O2. The number of likely N-dealkylation sites (tertiary alicyclic amines) is 1. The second-order valence-corrected chi connectivity index (χ2v) is 7.17. The van der Waals surface area contributed by atoms with Crippen molar-refractivity contribution in [2.24, 2.45) is 10.7 Å². The summed E-state index contributed by atoms with van der Waals surface area (Å²) in [6.45, 7) is 4.73. The number of benzene rings is 1. The molecule has 3 N–H and O–H groups in total. The molecule has 1 aromatic rings. The molecule has 1 aliphatic heterocycles. The monoisotopic (exact) mass is 377 g/mol. The quantitative estimate of drug-likeness (QED) is 0.497. The molecule has 0 amide bonds. The minimum atomic E-state index is 0.513. The molecule has 7 nitrogen and oxygen atoms in total. The molecule has 0 atom stereocenters. The number of hydrogen-bond donors (Lipinski definition) is 2. The van der Waals surface area contributed by atoms with Crippen molar-refractivity contribution < 1.29 is 9.47 Å². The summed E-state index contributed by atoms with van der Waals surface area (Å²) >= 11 is 0.